The van der Waals surface area contributed by atoms with Crippen LogP contribution in [0.25, 0.3) is 16.8 Å². The van der Waals surface area contributed by atoms with Gasteiger partial charge in [-0.05, 0) is 53.1 Å². The molecule has 4 aromatic rings. The largest absolute Gasteiger partial charge is 0.449 e. The fourth-order valence-electron chi connectivity index (χ4n) is 4.54. The monoisotopic (exact) mass is 530 g/mol. The molecule has 8 nitrogen and oxygen atoms in total. The summed E-state index contributed by atoms with van der Waals surface area (Å²) >= 11 is 6.03. The first-order valence-corrected chi connectivity index (χ1v) is 12.7. The summed E-state index contributed by atoms with van der Waals surface area (Å²) in [6.45, 7) is 3.71. The van der Waals surface area contributed by atoms with Crippen molar-refractivity contribution in [1.29, 1.82) is 0 Å². The average Bonchev–Trinajstić information content (AvgIpc) is 2.95. The molecule has 0 aliphatic carbocycles. The molecule has 0 atom stereocenters. The first-order valence-electron chi connectivity index (χ1n) is 12.3. The van der Waals surface area contributed by atoms with Crippen LogP contribution in [0.1, 0.15) is 12.5 Å². The van der Waals surface area contributed by atoms with Crippen LogP contribution in [0, 0.1) is 0 Å². The molecule has 1 aliphatic rings. The Balaban J connectivity index is 1.50. The van der Waals surface area contributed by atoms with Crippen molar-refractivity contribution in [3.63, 3.8) is 0 Å². The number of carbonyl (C=O) groups is 1. The lowest BCUT2D eigenvalue weighted by Gasteiger charge is -2.35. The van der Waals surface area contributed by atoms with Gasteiger partial charge in [0.05, 0.1) is 18.5 Å². The maximum Gasteiger partial charge on any atom is 0.316 e. The Kier molecular flexibility index (Phi) is 7.44. The Bertz CT molecular complexity index is 1490. The van der Waals surface area contributed by atoms with Crippen molar-refractivity contribution in [2.45, 2.75) is 13.5 Å². The van der Waals surface area contributed by atoms with Gasteiger partial charge in [-0.15, -0.1) is 0 Å². The van der Waals surface area contributed by atoms with Crippen LogP contribution < -0.4 is 15.2 Å². The van der Waals surface area contributed by atoms with Crippen molar-refractivity contribution in [3.05, 3.63) is 99.9 Å². The number of aliphatic hydroxyl groups excluding tert-OH is 1. The highest BCUT2D eigenvalue weighted by Gasteiger charge is 2.25. The molecule has 1 N–H and O–H groups in total. The van der Waals surface area contributed by atoms with Crippen molar-refractivity contribution in [1.82, 2.24) is 14.7 Å². The molecule has 1 fully saturated rings. The Morgan fingerprint density at radius 2 is 1.66 bits per heavy atom. The zero-order valence-electron chi connectivity index (χ0n) is 20.9. The molecule has 0 spiro atoms. The minimum atomic E-state index is -0.409. The number of aromatic nitrogens is 2. The molecule has 1 aliphatic heterocycles. The number of halogens is 1. The zero-order chi connectivity index (χ0) is 26.6. The van der Waals surface area contributed by atoms with Gasteiger partial charge in [0.15, 0.2) is 0 Å². The van der Waals surface area contributed by atoms with E-state index >= 15 is 0 Å². The van der Waals surface area contributed by atoms with Crippen molar-refractivity contribution in [2.75, 3.05) is 31.1 Å². The standard InChI is InChI=1S/C29H27ClN4O4/c1-20(36)32-14-16-33(17-15-32)27-18-31-34(24-10-8-23(30)9-11-24)29(37)28(27)38-25-12-6-21(7-13-25)26-5-3-2-4-22(26)19-35/h2-13,18,35H,14-17,19H2,1H3. The van der Waals surface area contributed by atoms with Crippen LogP contribution in [-0.2, 0) is 11.4 Å². The molecular formula is C29H27ClN4O4. The lowest BCUT2D eigenvalue weighted by Crippen LogP contribution is -2.48. The SMILES string of the molecule is CC(=O)N1CCN(c2cnn(-c3ccc(Cl)cc3)c(=O)c2Oc2ccc(-c3ccccc3CO)cc2)CC1. The quantitative estimate of drug-likeness (QED) is 0.395. The number of aliphatic hydroxyl groups is 1. The summed E-state index contributed by atoms with van der Waals surface area (Å²) in [6, 6.07) is 21.9. The number of piperazine rings is 1. The van der Waals surface area contributed by atoms with Crippen LogP contribution in [-0.4, -0.2) is 51.9 Å². The summed E-state index contributed by atoms with van der Waals surface area (Å²) in [6.07, 6.45) is 1.63. The van der Waals surface area contributed by atoms with Crippen molar-refractivity contribution in [2.24, 2.45) is 0 Å². The van der Waals surface area contributed by atoms with E-state index in [1.165, 1.54) is 4.68 Å². The fourth-order valence-corrected chi connectivity index (χ4v) is 4.67. The van der Waals surface area contributed by atoms with Crippen LogP contribution in [0.15, 0.2) is 83.8 Å². The Labute approximate surface area is 225 Å². The predicted molar refractivity (Wildman–Crippen MR) is 147 cm³/mol. The zero-order valence-corrected chi connectivity index (χ0v) is 21.6. The number of nitrogens with zero attached hydrogens (tertiary/aromatic N) is 4. The molecule has 2 heterocycles. The molecule has 0 saturated carbocycles. The number of rotatable bonds is 6. The molecule has 1 saturated heterocycles. The van der Waals surface area contributed by atoms with Gasteiger partial charge in [-0.3, -0.25) is 9.59 Å². The molecule has 38 heavy (non-hydrogen) atoms. The van der Waals surface area contributed by atoms with E-state index in [1.807, 2.05) is 41.3 Å². The summed E-state index contributed by atoms with van der Waals surface area (Å²) in [5, 5.41) is 14.7. The number of ether oxygens (including phenoxy) is 1. The van der Waals surface area contributed by atoms with E-state index in [4.69, 9.17) is 16.3 Å². The summed E-state index contributed by atoms with van der Waals surface area (Å²) in [5.74, 6) is 0.666. The summed E-state index contributed by atoms with van der Waals surface area (Å²) in [5.41, 5.74) is 3.41. The number of benzene rings is 3. The second-order valence-electron chi connectivity index (χ2n) is 8.99. The minimum Gasteiger partial charge on any atom is -0.449 e. The maximum absolute atomic E-state index is 13.7. The van der Waals surface area contributed by atoms with Crippen LogP contribution in [0.3, 0.4) is 0 Å². The van der Waals surface area contributed by atoms with Gasteiger partial charge in [-0.2, -0.15) is 9.78 Å². The Morgan fingerprint density at radius 1 is 0.974 bits per heavy atom. The molecule has 0 bridgehead atoms. The van der Waals surface area contributed by atoms with Gasteiger partial charge in [-0.25, -0.2) is 0 Å². The average molecular weight is 531 g/mol. The molecule has 1 amide bonds. The number of hydrogen-bond acceptors (Lipinski definition) is 6. The topological polar surface area (TPSA) is 87.9 Å². The molecule has 1 aromatic heterocycles. The Morgan fingerprint density at radius 3 is 2.32 bits per heavy atom. The van der Waals surface area contributed by atoms with Crippen molar-refractivity contribution < 1.29 is 14.6 Å². The van der Waals surface area contributed by atoms with Gasteiger partial charge < -0.3 is 19.6 Å². The molecule has 0 radical (unpaired) electrons. The smallest absolute Gasteiger partial charge is 0.316 e. The second kappa shape index (κ2) is 11.1. The predicted octanol–water partition coefficient (Wildman–Crippen LogP) is 4.51. The third-order valence-corrected chi connectivity index (χ3v) is 6.88. The van der Waals surface area contributed by atoms with Crippen LogP contribution in [0.4, 0.5) is 5.69 Å². The van der Waals surface area contributed by atoms with Crippen molar-refractivity contribution >= 4 is 23.2 Å². The molecule has 5 rings (SSSR count). The number of anilines is 1. The lowest BCUT2D eigenvalue weighted by molar-refractivity contribution is -0.129. The van der Waals surface area contributed by atoms with E-state index in [-0.39, 0.29) is 18.3 Å². The first kappa shape index (κ1) is 25.5. The highest BCUT2D eigenvalue weighted by atomic mass is 35.5. The fraction of sp³-hybridized carbons (Fsp3) is 0.207. The van der Waals surface area contributed by atoms with Gasteiger partial charge in [0.25, 0.3) is 0 Å². The molecule has 194 valence electrons. The Hall–Kier alpha value is -4.14. The van der Waals surface area contributed by atoms with Crippen LogP contribution in [0.2, 0.25) is 5.02 Å². The molecular weight excluding hydrogens is 504 g/mol. The van der Waals surface area contributed by atoms with Gasteiger partial charge in [0.1, 0.15) is 11.4 Å². The molecule has 9 heteroatoms. The first-order chi connectivity index (χ1) is 18.4. The van der Waals surface area contributed by atoms with Crippen LogP contribution in [0.5, 0.6) is 11.5 Å². The maximum atomic E-state index is 13.7. The van der Waals surface area contributed by atoms with E-state index in [0.717, 1.165) is 16.7 Å². The highest BCUT2D eigenvalue weighted by Crippen LogP contribution is 2.32. The summed E-state index contributed by atoms with van der Waals surface area (Å²) in [4.78, 5) is 29.3. The van der Waals surface area contributed by atoms with Gasteiger partial charge in [0.2, 0.25) is 11.7 Å². The van der Waals surface area contributed by atoms with E-state index in [2.05, 4.69) is 5.10 Å². The normalized spacial score (nSPS) is 13.4. The summed E-state index contributed by atoms with van der Waals surface area (Å²) in [7, 11) is 0. The van der Waals surface area contributed by atoms with Gasteiger partial charge in [-0.1, -0.05) is 48.0 Å². The molecule has 3 aromatic carbocycles. The van der Waals surface area contributed by atoms with Gasteiger partial charge >= 0.3 is 5.56 Å². The van der Waals surface area contributed by atoms with E-state index in [9.17, 15) is 14.7 Å². The molecule has 0 unspecified atom stereocenters. The third-order valence-electron chi connectivity index (χ3n) is 6.62. The van der Waals surface area contributed by atoms with Crippen molar-refractivity contribution in [3.8, 4) is 28.3 Å². The number of amides is 1. The highest BCUT2D eigenvalue weighted by molar-refractivity contribution is 6.30. The third kappa shape index (κ3) is 5.27. The van der Waals surface area contributed by atoms with Gasteiger partial charge in [0, 0.05) is 38.1 Å². The van der Waals surface area contributed by atoms with E-state index in [0.29, 0.717) is 48.3 Å². The number of hydrogen-bond donors (Lipinski definition) is 1. The van der Waals surface area contributed by atoms with E-state index in [1.54, 1.807) is 54.4 Å². The summed E-state index contributed by atoms with van der Waals surface area (Å²) < 4.78 is 7.51. The number of carbonyl (C=O) groups excluding carboxylic acids is 1. The lowest BCUT2D eigenvalue weighted by atomic mass is 10.0. The second-order valence-corrected chi connectivity index (χ2v) is 9.42. The minimum absolute atomic E-state index is 0.0280. The van der Waals surface area contributed by atoms with E-state index < -0.39 is 5.56 Å². The van der Waals surface area contributed by atoms with Crippen LogP contribution >= 0.6 is 11.6 Å².